The van der Waals surface area contributed by atoms with E-state index in [0.717, 1.165) is 21.2 Å². The maximum Gasteiger partial charge on any atom is 0.170 e. The Morgan fingerprint density at radius 3 is 2.23 bits per heavy atom. The number of carbonyl (C=O) groups is 2. The van der Waals surface area contributed by atoms with Crippen LogP contribution in [0.1, 0.15) is 39.6 Å². The highest BCUT2D eigenvalue weighted by molar-refractivity contribution is 9.10. The van der Waals surface area contributed by atoms with Crippen molar-refractivity contribution in [2.24, 2.45) is 5.92 Å². The zero-order valence-corrected chi connectivity index (χ0v) is 18.3. The van der Waals surface area contributed by atoms with E-state index in [1.165, 1.54) is 0 Å². The lowest BCUT2D eigenvalue weighted by atomic mass is 9.84. The van der Waals surface area contributed by atoms with Gasteiger partial charge in [0.15, 0.2) is 11.6 Å². The molecule has 1 aliphatic rings. The molecular formula is C27H21BrO3. The van der Waals surface area contributed by atoms with Crippen LogP contribution in [0.25, 0.3) is 5.57 Å². The van der Waals surface area contributed by atoms with Crippen molar-refractivity contribution in [3.8, 4) is 0 Å². The van der Waals surface area contributed by atoms with Crippen LogP contribution in [0.4, 0.5) is 0 Å². The monoisotopic (exact) mass is 472 g/mol. The Labute approximate surface area is 189 Å². The lowest BCUT2D eigenvalue weighted by molar-refractivity contribution is -0.116. The lowest BCUT2D eigenvalue weighted by Crippen LogP contribution is -2.20. The van der Waals surface area contributed by atoms with E-state index in [0.29, 0.717) is 11.1 Å². The molecule has 0 saturated carbocycles. The molecule has 0 bridgehead atoms. The quantitative estimate of drug-likeness (QED) is 0.451. The van der Waals surface area contributed by atoms with Gasteiger partial charge < -0.3 is 5.11 Å². The molecule has 0 aromatic heterocycles. The lowest BCUT2D eigenvalue weighted by Gasteiger charge is -2.18. The molecule has 0 amide bonds. The summed E-state index contributed by atoms with van der Waals surface area (Å²) in [4.78, 5) is 25.7. The fraction of sp³-hybridized carbons (Fsp3) is 0.111. The van der Waals surface area contributed by atoms with Gasteiger partial charge in [-0.1, -0.05) is 101 Å². The summed E-state index contributed by atoms with van der Waals surface area (Å²) in [7, 11) is 0. The number of aliphatic hydroxyl groups excluding tert-OH is 1. The summed E-state index contributed by atoms with van der Waals surface area (Å²) in [5.41, 5.74) is 3.53. The second-order valence-electron chi connectivity index (χ2n) is 7.51. The number of ketones is 2. The molecule has 2 unspecified atom stereocenters. The van der Waals surface area contributed by atoms with Crippen molar-refractivity contribution in [1.29, 1.82) is 0 Å². The molecule has 4 rings (SSSR count). The van der Waals surface area contributed by atoms with Crippen LogP contribution in [0.15, 0.2) is 102 Å². The summed E-state index contributed by atoms with van der Waals surface area (Å²) in [6.07, 6.45) is 4.83. The summed E-state index contributed by atoms with van der Waals surface area (Å²) in [5.74, 6) is -0.604. The standard InChI is InChI=1S/C27H21BrO3/c28-23-15-13-19(14-16-23)25(29)17-22-7-4-8-24(27(22)31)18-9-11-21(12-10-18)26(30)20-5-2-1-3-6-20/h1-16,22,26,30H,17H2. The smallest absolute Gasteiger partial charge is 0.170 e. The molecule has 1 N–H and O–H groups in total. The molecule has 1 aliphatic carbocycles. The minimum atomic E-state index is -0.720. The first kappa shape index (κ1) is 21.2. The number of hydrogen-bond donors (Lipinski definition) is 1. The highest BCUT2D eigenvalue weighted by Crippen LogP contribution is 2.29. The Morgan fingerprint density at radius 2 is 1.55 bits per heavy atom. The van der Waals surface area contributed by atoms with E-state index in [1.807, 2.05) is 72.8 Å². The predicted molar refractivity (Wildman–Crippen MR) is 126 cm³/mol. The maximum absolute atomic E-state index is 13.1. The fourth-order valence-corrected chi connectivity index (χ4v) is 3.94. The van der Waals surface area contributed by atoms with E-state index in [4.69, 9.17) is 0 Å². The van der Waals surface area contributed by atoms with Crippen LogP contribution in [-0.4, -0.2) is 16.7 Å². The summed E-state index contributed by atoms with van der Waals surface area (Å²) in [5, 5.41) is 10.6. The van der Waals surface area contributed by atoms with E-state index in [9.17, 15) is 14.7 Å². The molecule has 3 nitrogen and oxygen atoms in total. The Morgan fingerprint density at radius 1 is 0.903 bits per heavy atom. The van der Waals surface area contributed by atoms with Gasteiger partial charge in [0.2, 0.25) is 0 Å². The first-order valence-electron chi connectivity index (χ1n) is 10.1. The summed E-state index contributed by atoms with van der Waals surface area (Å²) in [6.45, 7) is 0. The molecule has 3 aromatic carbocycles. The molecule has 0 spiro atoms. The third-order valence-electron chi connectivity index (χ3n) is 5.43. The van der Waals surface area contributed by atoms with E-state index < -0.39 is 12.0 Å². The number of Topliss-reactive ketones (excluding diaryl/α,β-unsaturated/α-hetero) is 2. The molecular weight excluding hydrogens is 452 g/mol. The topological polar surface area (TPSA) is 54.4 Å². The van der Waals surface area contributed by atoms with Gasteiger partial charge in [-0.05, 0) is 28.8 Å². The first-order chi connectivity index (χ1) is 15.0. The van der Waals surface area contributed by atoms with Gasteiger partial charge in [0.05, 0.1) is 0 Å². The van der Waals surface area contributed by atoms with E-state index >= 15 is 0 Å². The zero-order valence-electron chi connectivity index (χ0n) is 16.7. The largest absolute Gasteiger partial charge is 0.384 e. The van der Waals surface area contributed by atoms with Gasteiger partial charge in [0.25, 0.3) is 0 Å². The average Bonchev–Trinajstić information content (AvgIpc) is 2.81. The number of aliphatic hydroxyl groups is 1. The number of benzene rings is 3. The van der Waals surface area contributed by atoms with Gasteiger partial charge in [-0.3, -0.25) is 9.59 Å². The van der Waals surface area contributed by atoms with Gasteiger partial charge in [-0.2, -0.15) is 0 Å². The molecule has 0 radical (unpaired) electrons. The number of halogens is 1. The second kappa shape index (κ2) is 9.38. The van der Waals surface area contributed by atoms with Crippen LogP contribution in [0.3, 0.4) is 0 Å². The molecule has 31 heavy (non-hydrogen) atoms. The van der Waals surface area contributed by atoms with Crippen LogP contribution in [0.2, 0.25) is 0 Å². The minimum Gasteiger partial charge on any atom is -0.384 e. The number of carbonyl (C=O) groups excluding carboxylic acids is 2. The van der Waals surface area contributed by atoms with Crippen LogP contribution in [0, 0.1) is 5.92 Å². The van der Waals surface area contributed by atoms with E-state index in [2.05, 4.69) is 15.9 Å². The maximum atomic E-state index is 13.1. The predicted octanol–water partition coefficient (Wildman–Crippen LogP) is 5.94. The molecule has 4 heteroatoms. The van der Waals surface area contributed by atoms with Crippen LogP contribution >= 0.6 is 15.9 Å². The van der Waals surface area contributed by atoms with E-state index in [-0.39, 0.29) is 18.0 Å². The number of hydrogen-bond acceptors (Lipinski definition) is 3. The number of allylic oxidation sites excluding steroid dienone is 4. The summed E-state index contributed by atoms with van der Waals surface area (Å²) in [6, 6.07) is 24.0. The van der Waals surface area contributed by atoms with Crippen LogP contribution in [0.5, 0.6) is 0 Å². The van der Waals surface area contributed by atoms with Crippen molar-refractivity contribution < 1.29 is 14.7 Å². The van der Waals surface area contributed by atoms with Gasteiger partial charge in [0, 0.05) is 27.9 Å². The SMILES string of the molecule is O=C(CC1C=CC=C(c2ccc(C(O)c3ccccc3)cc2)C1=O)c1ccc(Br)cc1. The van der Waals surface area contributed by atoms with Gasteiger partial charge in [0.1, 0.15) is 6.10 Å². The summed E-state index contributed by atoms with van der Waals surface area (Å²) >= 11 is 3.36. The fourth-order valence-electron chi connectivity index (χ4n) is 3.68. The van der Waals surface area contributed by atoms with Crippen molar-refractivity contribution in [2.75, 3.05) is 0 Å². The summed E-state index contributed by atoms with van der Waals surface area (Å²) < 4.78 is 0.906. The third-order valence-corrected chi connectivity index (χ3v) is 5.96. The second-order valence-corrected chi connectivity index (χ2v) is 8.42. The normalized spacial score (nSPS) is 16.6. The van der Waals surface area contributed by atoms with Crippen molar-refractivity contribution in [3.05, 3.63) is 124 Å². The van der Waals surface area contributed by atoms with Crippen molar-refractivity contribution in [1.82, 2.24) is 0 Å². The van der Waals surface area contributed by atoms with Crippen molar-refractivity contribution in [3.63, 3.8) is 0 Å². The minimum absolute atomic E-state index is 0.0573. The first-order valence-corrected chi connectivity index (χ1v) is 10.9. The molecule has 154 valence electrons. The Hall–Kier alpha value is -3.08. The Bertz CT molecular complexity index is 1140. The van der Waals surface area contributed by atoms with Crippen molar-refractivity contribution in [2.45, 2.75) is 12.5 Å². The molecule has 0 heterocycles. The highest BCUT2D eigenvalue weighted by atomic mass is 79.9. The average molecular weight is 473 g/mol. The Kier molecular flexibility index (Phi) is 6.40. The molecule has 2 atom stereocenters. The van der Waals surface area contributed by atoms with Crippen molar-refractivity contribution >= 4 is 33.1 Å². The third kappa shape index (κ3) is 4.82. The highest BCUT2D eigenvalue weighted by Gasteiger charge is 2.26. The van der Waals surface area contributed by atoms with Gasteiger partial charge in [-0.15, -0.1) is 0 Å². The zero-order chi connectivity index (χ0) is 21.8. The Balaban J connectivity index is 1.48. The molecule has 0 aliphatic heterocycles. The number of rotatable bonds is 6. The van der Waals surface area contributed by atoms with Gasteiger partial charge >= 0.3 is 0 Å². The van der Waals surface area contributed by atoms with Crippen LogP contribution in [-0.2, 0) is 4.79 Å². The van der Waals surface area contributed by atoms with Gasteiger partial charge in [-0.25, -0.2) is 0 Å². The molecule has 3 aromatic rings. The van der Waals surface area contributed by atoms with Crippen LogP contribution < -0.4 is 0 Å². The molecule has 0 saturated heterocycles. The van der Waals surface area contributed by atoms with E-state index in [1.54, 1.807) is 24.3 Å². The molecule has 0 fully saturated rings.